The van der Waals surface area contributed by atoms with Crippen LogP contribution in [-0.2, 0) is 0 Å². The first kappa shape index (κ1) is 8.59. The molecule has 1 N–H and O–H groups in total. The van der Waals surface area contributed by atoms with Gasteiger partial charge in [-0.15, -0.1) is 0 Å². The molecule has 13 heavy (non-hydrogen) atoms. The van der Waals surface area contributed by atoms with Crippen molar-refractivity contribution in [3.63, 3.8) is 0 Å². The molecule has 0 bridgehead atoms. The third kappa shape index (κ3) is 2.23. The van der Waals surface area contributed by atoms with Crippen molar-refractivity contribution in [2.45, 2.75) is 10.2 Å². The minimum Gasteiger partial charge on any atom is -0.339 e. The van der Waals surface area contributed by atoms with Crippen LogP contribution in [0, 0.1) is 0 Å². The average Bonchev–Trinajstić information content (AvgIpc) is 2.57. The summed E-state index contributed by atoms with van der Waals surface area (Å²) < 4.78 is 0. The molecule has 0 fully saturated rings. The number of halogens is 1. The van der Waals surface area contributed by atoms with Crippen molar-refractivity contribution in [3.8, 4) is 0 Å². The fourth-order valence-corrected chi connectivity index (χ4v) is 1.80. The Morgan fingerprint density at radius 2 is 2.31 bits per heavy atom. The Balaban J connectivity index is 2.19. The van der Waals surface area contributed by atoms with Crippen molar-refractivity contribution < 1.29 is 0 Å². The highest BCUT2D eigenvalue weighted by Gasteiger charge is 2.00. The van der Waals surface area contributed by atoms with E-state index >= 15 is 0 Å². The molecule has 0 saturated carbocycles. The van der Waals surface area contributed by atoms with Crippen molar-refractivity contribution in [2.75, 3.05) is 0 Å². The predicted octanol–water partition coefficient (Wildman–Crippen LogP) is 2.61. The van der Waals surface area contributed by atoms with Crippen molar-refractivity contribution in [1.29, 1.82) is 0 Å². The van der Waals surface area contributed by atoms with E-state index in [4.69, 9.17) is 11.6 Å². The van der Waals surface area contributed by atoms with Gasteiger partial charge in [0.05, 0.1) is 0 Å². The molecule has 0 radical (unpaired) electrons. The van der Waals surface area contributed by atoms with Crippen LogP contribution in [0.15, 0.2) is 40.8 Å². The summed E-state index contributed by atoms with van der Waals surface area (Å²) >= 11 is 7.18. The largest absolute Gasteiger partial charge is 0.339 e. The summed E-state index contributed by atoms with van der Waals surface area (Å²) in [7, 11) is 0. The summed E-state index contributed by atoms with van der Waals surface area (Å²) in [6.07, 6.45) is 3.47. The second-order valence-corrected chi connectivity index (χ2v) is 3.69. The maximum absolute atomic E-state index is 5.73. The number of imidazole rings is 1. The van der Waals surface area contributed by atoms with Gasteiger partial charge in [0.25, 0.3) is 0 Å². The van der Waals surface area contributed by atoms with Gasteiger partial charge in [-0.25, -0.2) is 9.97 Å². The van der Waals surface area contributed by atoms with Crippen molar-refractivity contribution in [3.05, 3.63) is 35.7 Å². The highest BCUT2D eigenvalue weighted by atomic mass is 35.5. The molecule has 66 valence electrons. The molecule has 0 aromatic carbocycles. The molecule has 0 atom stereocenters. The van der Waals surface area contributed by atoms with Gasteiger partial charge < -0.3 is 4.98 Å². The van der Waals surface area contributed by atoms with E-state index in [0.717, 1.165) is 10.2 Å². The first-order valence-corrected chi connectivity index (χ1v) is 4.84. The number of aromatic amines is 1. The van der Waals surface area contributed by atoms with E-state index in [-0.39, 0.29) is 0 Å². The zero-order valence-electron chi connectivity index (χ0n) is 6.57. The molecule has 2 aromatic heterocycles. The van der Waals surface area contributed by atoms with Gasteiger partial charge in [0.15, 0.2) is 5.16 Å². The lowest BCUT2D eigenvalue weighted by molar-refractivity contribution is 1.04. The first-order chi connectivity index (χ1) is 6.34. The van der Waals surface area contributed by atoms with Gasteiger partial charge in [-0.1, -0.05) is 17.7 Å². The van der Waals surface area contributed by atoms with Crippen LogP contribution >= 0.6 is 23.4 Å². The Morgan fingerprint density at radius 3 is 3.00 bits per heavy atom. The molecule has 0 saturated heterocycles. The maximum Gasteiger partial charge on any atom is 0.171 e. The number of rotatable bonds is 2. The average molecular weight is 212 g/mol. The van der Waals surface area contributed by atoms with Gasteiger partial charge in [-0.2, -0.15) is 0 Å². The van der Waals surface area contributed by atoms with Gasteiger partial charge in [-0.3, -0.25) is 0 Å². The Bertz CT molecular complexity index is 388. The number of H-pyrrole nitrogens is 1. The summed E-state index contributed by atoms with van der Waals surface area (Å²) in [5.41, 5.74) is 0. The van der Waals surface area contributed by atoms with Crippen LogP contribution in [0.5, 0.6) is 0 Å². The second kappa shape index (κ2) is 3.81. The number of hydrogen-bond donors (Lipinski definition) is 1. The molecular weight excluding hydrogens is 206 g/mol. The SMILES string of the molecule is Clc1cccc(Sc2ncc[nH]2)n1. The van der Waals surface area contributed by atoms with E-state index in [9.17, 15) is 0 Å². The lowest BCUT2D eigenvalue weighted by Gasteiger charge is -1.96. The van der Waals surface area contributed by atoms with Crippen molar-refractivity contribution in [2.24, 2.45) is 0 Å². The zero-order valence-corrected chi connectivity index (χ0v) is 8.14. The van der Waals surface area contributed by atoms with E-state index in [1.165, 1.54) is 11.8 Å². The van der Waals surface area contributed by atoms with Gasteiger partial charge in [0.2, 0.25) is 0 Å². The normalized spacial score (nSPS) is 10.2. The quantitative estimate of drug-likeness (QED) is 0.777. The highest BCUT2D eigenvalue weighted by Crippen LogP contribution is 2.22. The van der Waals surface area contributed by atoms with Gasteiger partial charge in [-0.05, 0) is 23.9 Å². The van der Waals surface area contributed by atoms with E-state index in [0.29, 0.717) is 5.15 Å². The third-order valence-electron chi connectivity index (χ3n) is 1.36. The Morgan fingerprint density at radius 1 is 1.38 bits per heavy atom. The van der Waals surface area contributed by atoms with E-state index in [1.54, 1.807) is 18.5 Å². The number of nitrogens with zero attached hydrogens (tertiary/aromatic N) is 2. The van der Waals surface area contributed by atoms with Gasteiger partial charge in [0, 0.05) is 12.4 Å². The van der Waals surface area contributed by atoms with E-state index in [1.807, 2.05) is 12.1 Å². The summed E-state index contributed by atoms with van der Waals surface area (Å²) in [6.45, 7) is 0. The first-order valence-electron chi connectivity index (χ1n) is 3.64. The number of aromatic nitrogens is 3. The lowest BCUT2D eigenvalue weighted by Crippen LogP contribution is -1.80. The van der Waals surface area contributed by atoms with Crippen LogP contribution in [-0.4, -0.2) is 15.0 Å². The van der Waals surface area contributed by atoms with Crippen molar-refractivity contribution in [1.82, 2.24) is 15.0 Å². The number of hydrogen-bond acceptors (Lipinski definition) is 3. The predicted molar refractivity (Wildman–Crippen MR) is 52.0 cm³/mol. The lowest BCUT2D eigenvalue weighted by atomic mass is 10.5. The minimum atomic E-state index is 0.497. The molecule has 2 heterocycles. The van der Waals surface area contributed by atoms with Crippen LogP contribution in [0.4, 0.5) is 0 Å². The Hall–Kier alpha value is -1.00. The van der Waals surface area contributed by atoms with E-state index < -0.39 is 0 Å². The fraction of sp³-hybridized carbons (Fsp3) is 0. The second-order valence-electron chi connectivity index (χ2n) is 2.29. The Labute approximate surface area is 84.6 Å². The van der Waals surface area contributed by atoms with Crippen LogP contribution in [0.1, 0.15) is 0 Å². The molecule has 2 rings (SSSR count). The van der Waals surface area contributed by atoms with Gasteiger partial charge in [0.1, 0.15) is 10.2 Å². The number of nitrogens with one attached hydrogen (secondary N) is 1. The molecule has 3 nitrogen and oxygen atoms in total. The molecule has 0 unspecified atom stereocenters. The molecule has 0 amide bonds. The molecule has 0 spiro atoms. The van der Waals surface area contributed by atoms with Gasteiger partial charge >= 0.3 is 0 Å². The Kier molecular flexibility index (Phi) is 2.52. The van der Waals surface area contributed by atoms with Crippen LogP contribution in [0.2, 0.25) is 5.15 Å². The maximum atomic E-state index is 5.73. The summed E-state index contributed by atoms with van der Waals surface area (Å²) in [5.74, 6) is 0. The number of pyridine rings is 1. The van der Waals surface area contributed by atoms with Crippen LogP contribution in [0.25, 0.3) is 0 Å². The molecule has 5 heteroatoms. The highest BCUT2D eigenvalue weighted by molar-refractivity contribution is 7.99. The van der Waals surface area contributed by atoms with Crippen LogP contribution < -0.4 is 0 Å². The minimum absolute atomic E-state index is 0.497. The summed E-state index contributed by atoms with van der Waals surface area (Å²) in [6, 6.07) is 5.49. The monoisotopic (exact) mass is 211 g/mol. The van der Waals surface area contributed by atoms with E-state index in [2.05, 4.69) is 15.0 Å². The summed E-state index contributed by atoms with van der Waals surface area (Å²) in [4.78, 5) is 11.2. The summed E-state index contributed by atoms with van der Waals surface area (Å²) in [5, 5.41) is 2.15. The third-order valence-corrected chi connectivity index (χ3v) is 2.43. The standard InChI is InChI=1S/C8H6ClN3S/c9-6-2-1-3-7(12-6)13-8-10-4-5-11-8/h1-5H,(H,10,11). The topological polar surface area (TPSA) is 41.6 Å². The fourth-order valence-electron chi connectivity index (χ4n) is 0.852. The molecular formula is C8H6ClN3S. The molecule has 0 aliphatic rings. The zero-order chi connectivity index (χ0) is 9.10. The molecule has 2 aromatic rings. The molecule has 0 aliphatic heterocycles. The molecule has 0 aliphatic carbocycles. The van der Waals surface area contributed by atoms with Crippen molar-refractivity contribution >= 4 is 23.4 Å². The smallest absolute Gasteiger partial charge is 0.171 e. The van der Waals surface area contributed by atoms with Crippen LogP contribution in [0.3, 0.4) is 0 Å².